The molecule has 0 aliphatic carbocycles. The molecular formula is C28H28F2N10O3. The fraction of sp³-hybridized carbons (Fsp3) is 0.250. The molecule has 0 saturated carbocycles. The third-order valence-electron chi connectivity index (χ3n) is 6.47. The van der Waals surface area contributed by atoms with Crippen LogP contribution in [-0.4, -0.2) is 65.8 Å². The summed E-state index contributed by atoms with van der Waals surface area (Å²) in [5.41, 5.74) is 2.61. The van der Waals surface area contributed by atoms with Crippen LogP contribution < -0.4 is 20.4 Å². The van der Waals surface area contributed by atoms with Gasteiger partial charge in [0.25, 0.3) is 5.91 Å². The predicted molar refractivity (Wildman–Crippen MR) is 153 cm³/mol. The molecule has 15 heteroatoms. The summed E-state index contributed by atoms with van der Waals surface area (Å²) in [6.45, 7) is 6.45. The minimum absolute atomic E-state index is 0.0290. The van der Waals surface area contributed by atoms with Gasteiger partial charge in [0.15, 0.2) is 11.6 Å². The second kappa shape index (κ2) is 12.3. The summed E-state index contributed by atoms with van der Waals surface area (Å²) >= 11 is 0. The maximum atomic E-state index is 15.0. The Hall–Kier alpha value is -5.31. The van der Waals surface area contributed by atoms with Crippen LogP contribution in [0, 0.1) is 18.6 Å². The second-order valence-corrected chi connectivity index (χ2v) is 9.83. The molecule has 1 amide bonds. The lowest BCUT2D eigenvalue weighted by molar-refractivity contribution is 0.0705. The molecule has 0 bridgehead atoms. The largest absolute Gasteiger partial charge is 0.490 e. The van der Waals surface area contributed by atoms with Crippen molar-refractivity contribution in [2.75, 3.05) is 30.4 Å². The number of ether oxygens (including phenoxy) is 1. The fourth-order valence-corrected chi connectivity index (χ4v) is 4.44. The van der Waals surface area contributed by atoms with Gasteiger partial charge in [0, 0.05) is 31.0 Å². The van der Waals surface area contributed by atoms with Gasteiger partial charge in [-0.2, -0.15) is 0 Å². The van der Waals surface area contributed by atoms with Gasteiger partial charge in [0.05, 0.1) is 30.0 Å². The molecule has 0 spiro atoms. The molecule has 13 nitrogen and oxygen atoms in total. The zero-order valence-corrected chi connectivity index (χ0v) is 23.7. The molecule has 0 atom stereocenters. The van der Waals surface area contributed by atoms with Gasteiger partial charge in [-0.1, -0.05) is 0 Å². The molecule has 5 aromatic rings. The van der Waals surface area contributed by atoms with E-state index in [4.69, 9.17) is 9.94 Å². The smallest absolute Gasteiger partial charge is 0.277 e. The maximum Gasteiger partial charge on any atom is 0.277 e. The fourth-order valence-electron chi connectivity index (χ4n) is 4.44. The molecule has 43 heavy (non-hydrogen) atoms. The number of likely N-dealkylation sites (N-methyl/N-ethyl adjacent to an activating group) is 1. The van der Waals surface area contributed by atoms with Gasteiger partial charge in [-0.25, -0.2) is 44.2 Å². The Morgan fingerprint density at radius 1 is 1.05 bits per heavy atom. The number of pyridine rings is 1. The normalized spacial score (nSPS) is 11.2. The zero-order chi connectivity index (χ0) is 30.7. The van der Waals surface area contributed by atoms with Crippen LogP contribution in [0.1, 0.15) is 36.1 Å². The molecule has 0 radical (unpaired) electrons. The average Bonchev–Trinajstić information content (AvgIpc) is 3.35. The molecule has 222 valence electrons. The summed E-state index contributed by atoms with van der Waals surface area (Å²) in [5, 5.41) is 11.6. The highest BCUT2D eigenvalue weighted by Gasteiger charge is 2.18. The number of nitrogens with zero attached hydrogens (tertiary/aromatic N) is 8. The highest BCUT2D eigenvalue weighted by atomic mass is 19.1. The second-order valence-electron chi connectivity index (χ2n) is 9.83. The number of carbonyl (C=O) groups excluding carboxylic acids is 1. The van der Waals surface area contributed by atoms with Gasteiger partial charge in [-0.05, 0) is 45.0 Å². The topological polar surface area (TPSA) is 156 Å². The van der Waals surface area contributed by atoms with Crippen LogP contribution in [0.15, 0.2) is 49.1 Å². The van der Waals surface area contributed by atoms with Crippen LogP contribution in [0.4, 0.5) is 26.5 Å². The van der Waals surface area contributed by atoms with Crippen LogP contribution >= 0.6 is 0 Å². The monoisotopic (exact) mass is 590 g/mol. The minimum atomic E-state index is -0.701. The van der Waals surface area contributed by atoms with E-state index < -0.39 is 17.5 Å². The van der Waals surface area contributed by atoms with Gasteiger partial charge in [0.1, 0.15) is 35.2 Å². The number of benzene rings is 1. The van der Waals surface area contributed by atoms with Crippen LogP contribution in [0.2, 0.25) is 0 Å². The van der Waals surface area contributed by atoms with E-state index in [2.05, 4.69) is 35.2 Å². The van der Waals surface area contributed by atoms with Crippen LogP contribution in [0.25, 0.3) is 22.3 Å². The first-order chi connectivity index (χ1) is 20.6. The number of rotatable bonds is 10. The van der Waals surface area contributed by atoms with E-state index in [1.165, 1.54) is 30.1 Å². The van der Waals surface area contributed by atoms with Gasteiger partial charge in [-0.3, -0.25) is 10.0 Å². The highest BCUT2D eigenvalue weighted by molar-refractivity contribution is 5.92. The molecule has 5 rings (SSSR count). The Morgan fingerprint density at radius 2 is 1.81 bits per heavy atom. The van der Waals surface area contributed by atoms with E-state index in [-0.39, 0.29) is 40.9 Å². The van der Waals surface area contributed by atoms with Crippen molar-refractivity contribution < 1.29 is 23.5 Å². The number of carbonyl (C=O) groups is 1. The summed E-state index contributed by atoms with van der Waals surface area (Å²) in [7, 11) is 1.76. The number of halogens is 2. The minimum Gasteiger partial charge on any atom is -0.490 e. The number of amides is 1. The maximum absolute atomic E-state index is 15.0. The number of imidazole rings is 1. The van der Waals surface area contributed by atoms with Crippen LogP contribution in [0.3, 0.4) is 0 Å². The number of hydrogen-bond donors (Lipinski definition) is 3. The van der Waals surface area contributed by atoms with Crippen molar-refractivity contribution in [3.8, 4) is 17.0 Å². The molecule has 0 aliphatic rings. The Balaban J connectivity index is 1.23. The molecule has 0 unspecified atom stereocenters. The van der Waals surface area contributed by atoms with Crippen molar-refractivity contribution in [3.05, 3.63) is 72.1 Å². The van der Waals surface area contributed by atoms with Crippen LogP contribution in [0.5, 0.6) is 5.75 Å². The van der Waals surface area contributed by atoms with Crippen LogP contribution in [-0.2, 0) is 0 Å². The van der Waals surface area contributed by atoms with Crippen molar-refractivity contribution >= 4 is 34.7 Å². The molecule has 3 N–H and O–H groups in total. The molecule has 4 aromatic heterocycles. The number of hydroxylamine groups is 1. The number of aromatic nitrogens is 7. The molecule has 0 fully saturated rings. The standard InChI is InChI=1S/C28H28F2N10O3/c1-15(2)40-16(3)35-25-20(29)9-17(10-22(25)40)24-21(30)14-32-27(37-24)36-23-6-5-19(13-31-23)43-8-7-39(4)28-33-11-18(12-34-28)26(41)38-42/h5-6,9-15,42H,7-8H2,1-4H3,(H,38,41)(H,31,32,36,37). The number of nitrogens with one attached hydrogen (secondary N) is 2. The summed E-state index contributed by atoms with van der Waals surface area (Å²) < 4.78 is 37.4. The lowest BCUT2D eigenvalue weighted by Gasteiger charge is -2.17. The highest BCUT2D eigenvalue weighted by Crippen LogP contribution is 2.30. The van der Waals surface area contributed by atoms with Gasteiger partial charge in [0.2, 0.25) is 11.9 Å². The molecule has 4 heterocycles. The summed E-state index contributed by atoms with van der Waals surface area (Å²) in [5.74, 6) is 0.0289. The van der Waals surface area contributed by atoms with Crippen molar-refractivity contribution in [2.24, 2.45) is 0 Å². The summed E-state index contributed by atoms with van der Waals surface area (Å²) in [6.07, 6.45) is 5.12. The SMILES string of the molecule is Cc1nc2c(F)cc(-c3nc(Nc4ccc(OCCN(C)c5ncc(C(=O)NO)cn5)cn4)ncc3F)cc2n1C(C)C. The number of hydrogen-bond acceptors (Lipinski definition) is 11. The third-order valence-corrected chi connectivity index (χ3v) is 6.47. The number of anilines is 3. The van der Waals surface area contributed by atoms with Gasteiger partial charge >= 0.3 is 0 Å². The third kappa shape index (κ3) is 6.30. The van der Waals surface area contributed by atoms with E-state index in [1.54, 1.807) is 37.1 Å². The Labute approximate surface area is 244 Å². The van der Waals surface area contributed by atoms with Crippen molar-refractivity contribution in [1.82, 2.24) is 40.0 Å². The first-order valence-corrected chi connectivity index (χ1v) is 13.2. The van der Waals surface area contributed by atoms with E-state index in [0.29, 0.717) is 35.4 Å². The lowest BCUT2D eigenvalue weighted by atomic mass is 10.1. The van der Waals surface area contributed by atoms with Crippen molar-refractivity contribution in [3.63, 3.8) is 0 Å². The average molecular weight is 591 g/mol. The zero-order valence-electron chi connectivity index (χ0n) is 23.7. The molecular weight excluding hydrogens is 562 g/mol. The Bertz CT molecular complexity index is 1760. The quantitative estimate of drug-likeness (QED) is 0.158. The molecule has 0 aliphatic heterocycles. The Kier molecular flexibility index (Phi) is 8.34. The van der Waals surface area contributed by atoms with Gasteiger partial charge in [-0.15, -0.1) is 0 Å². The molecule has 0 saturated heterocycles. The summed E-state index contributed by atoms with van der Waals surface area (Å²) in [4.78, 5) is 38.2. The summed E-state index contributed by atoms with van der Waals surface area (Å²) in [6, 6.07) is 6.26. The van der Waals surface area contributed by atoms with E-state index in [9.17, 15) is 13.6 Å². The lowest BCUT2D eigenvalue weighted by Crippen LogP contribution is -2.26. The van der Waals surface area contributed by atoms with Gasteiger partial charge < -0.3 is 19.5 Å². The first kappa shape index (κ1) is 29.2. The van der Waals surface area contributed by atoms with E-state index in [0.717, 1.165) is 6.20 Å². The number of aryl methyl sites for hydroxylation is 1. The van der Waals surface area contributed by atoms with E-state index >= 15 is 0 Å². The number of fused-ring (bicyclic) bond motifs is 1. The first-order valence-electron chi connectivity index (χ1n) is 13.2. The Morgan fingerprint density at radius 3 is 2.49 bits per heavy atom. The van der Waals surface area contributed by atoms with Crippen molar-refractivity contribution in [1.29, 1.82) is 0 Å². The van der Waals surface area contributed by atoms with E-state index in [1.807, 2.05) is 18.4 Å². The predicted octanol–water partition coefficient (Wildman–Crippen LogP) is 4.22. The molecule has 1 aromatic carbocycles. The van der Waals surface area contributed by atoms with Crippen molar-refractivity contribution in [2.45, 2.75) is 26.8 Å².